The molecule has 1 aliphatic heterocycles. The smallest absolute Gasteiger partial charge is 0.224 e. The highest BCUT2D eigenvalue weighted by molar-refractivity contribution is 7.10. The van der Waals surface area contributed by atoms with Crippen LogP contribution in [0.5, 0.6) is 0 Å². The summed E-state index contributed by atoms with van der Waals surface area (Å²) in [6, 6.07) is 23.3. The molecule has 1 N–H and O–H groups in total. The minimum Gasteiger partial charge on any atom is -0.367 e. The maximum absolute atomic E-state index is 13.6. The fraction of sp³-hybridized carbons (Fsp3) is 0.345. The van der Waals surface area contributed by atoms with Crippen molar-refractivity contribution in [1.29, 1.82) is 0 Å². The summed E-state index contributed by atoms with van der Waals surface area (Å²) in [6.07, 6.45) is 4.34. The van der Waals surface area contributed by atoms with E-state index in [4.69, 9.17) is 0 Å². The molecule has 0 radical (unpaired) electrons. The van der Waals surface area contributed by atoms with E-state index in [9.17, 15) is 4.79 Å². The largest absolute Gasteiger partial charge is 0.367 e. The number of piperidine rings is 1. The lowest BCUT2D eigenvalue weighted by Gasteiger charge is -2.46. The molecule has 5 nitrogen and oxygen atoms in total. The lowest BCUT2D eigenvalue weighted by atomic mass is 9.84. The zero-order chi connectivity index (χ0) is 24.4. The highest BCUT2D eigenvalue weighted by atomic mass is 32.1. The van der Waals surface area contributed by atoms with Gasteiger partial charge in [-0.3, -0.25) is 9.69 Å². The minimum atomic E-state index is -0.0334. The molecule has 35 heavy (non-hydrogen) atoms. The van der Waals surface area contributed by atoms with Crippen LogP contribution in [0, 0.1) is 0 Å². The molecule has 2 aromatic heterocycles. The molecule has 0 bridgehead atoms. The molecule has 0 spiro atoms. The maximum Gasteiger partial charge on any atom is 0.224 e. The Morgan fingerprint density at radius 3 is 2.49 bits per heavy atom. The number of hydrogen-bond donors (Lipinski definition) is 1. The summed E-state index contributed by atoms with van der Waals surface area (Å²) in [7, 11) is 6.43. The zero-order valence-corrected chi connectivity index (χ0v) is 21.6. The molecular weight excluding hydrogens is 452 g/mol. The van der Waals surface area contributed by atoms with Gasteiger partial charge in [0.25, 0.3) is 0 Å². The number of aromatic amines is 1. The van der Waals surface area contributed by atoms with Crippen molar-refractivity contribution in [2.45, 2.75) is 30.8 Å². The molecule has 182 valence electrons. The number of likely N-dealkylation sites (tertiary alicyclic amines) is 1. The summed E-state index contributed by atoms with van der Waals surface area (Å²) in [5.41, 5.74) is 3.39. The Bertz CT molecular complexity index is 1260. The van der Waals surface area contributed by atoms with Gasteiger partial charge in [-0.05, 0) is 67.5 Å². The van der Waals surface area contributed by atoms with Gasteiger partial charge < -0.3 is 14.8 Å². The van der Waals surface area contributed by atoms with Gasteiger partial charge in [0.05, 0.1) is 18.0 Å². The Morgan fingerprint density at radius 1 is 1.03 bits per heavy atom. The number of fused-ring (bicyclic) bond motifs is 1. The van der Waals surface area contributed by atoms with E-state index in [2.05, 4.69) is 107 Å². The molecule has 3 heterocycles. The van der Waals surface area contributed by atoms with Crippen LogP contribution >= 0.6 is 11.3 Å². The Kier molecular flexibility index (Phi) is 6.67. The van der Waals surface area contributed by atoms with Gasteiger partial charge in [0.1, 0.15) is 0 Å². The summed E-state index contributed by atoms with van der Waals surface area (Å²) in [4.78, 5) is 25.0. The van der Waals surface area contributed by atoms with E-state index >= 15 is 0 Å². The minimum absolute atomic E-state index is 0.0199. The van der Waals surface area contributed by atoms with Gasteiger partial charge in [-0.15, -0.1) is 11.3 Å². The third-order valence-electron chi connectivity index (χ3n) is 7.74. The van der Waals surface area contributed by atoms with E-state index in [0.29, 0.717) is 6.42 Å². The highest BCUT2D eigenvalue weighted by Crippen LogP contribution is 2.40. The first kappa shape index (κ1) is 23.6. The molecular formula is C29H34N4OS. The van der Waals surface area contributed by atoms with Crippen molar-refractivity contribution in [3.8, 4) is 0 Å². The Morgan fingerprint density at radius 2 is 1.80 bits per heavy atom. The molecule has 5 rings (SSSR count). The number of carbonyl (C=O) groups excluding carboxylic acids is 1. The number of rotatable bonds is 7. The van der Waals surface area contributed by atoms with Crippen molar-refractivity contribution >= 4 is 33.8 Å². The summed E-state index contributed by atoms with van der Waals surface area (Å²) in [5, 5.41) is 3.35. The SMILES string of the molecule is CN(c1ccc2cc[nH]c2c1)C(CC(=O)N1CCC(c2cccs2)(N(C)C)CC1)c1ccccc1. The van der Waals surface area contributed by atoms with E-state index in [1.54, 1.807) is 0 Å². The Labute approximate surface area is 212 Å². The van der Waals surface area contributed by atoms with E-state index in [1.165, 1.54) is 10.3 Å². The van der Waals surface area contributed by atoms with Crippen LogP contribution in [0.2, 0.25) is 0 Å². The average molecular weight is 487 g/mol. The van der Waals surface area contributed by atoms with Crippen molar-refractivity contribution in [2.75, 3.05) is 39.1 Å². The van der Waals surface area contributed by atoms with Crippen molar-refractivity contribution in [3.63, 3.8) is 0 Å². The van der Waals surface area contributed by atoms with E-state index in [-0.39, 0.29) is 17.5 Å². The number of thiophene rings is 1. The van der Waals surface area contributed by atoms with Crippen molar-refractivity contribution in [1.82, 2.24) is 14.8 Å². The molecule has 0 aliphatic carbocycles. The fourth-order valence-corrected chi connectivity index (χ4v) is 6.53. The van der Waals surface area contributed by atoms with Gasteiger partial charge in [0, 0.05) is 42.4 Å². The fourth-order valence-electron chi connectivity index (χ4n) is 5.47. The number of anilines is 1. The molecule has 1 fully saturated rings. The average Bonchev–Trinajstić information content (AvgIpc) is 3.59. The van der Waals surface area contributed by atoms with Gasteiger partial charge >= 0.3 is 0 Å². The Hall–Kier alpha value is -3.09. The Balaban J connectivity index is 1.35. The van der Waals surface area contributed by atoms with E-state index < -0.39 is 0 Å². The topological polar surface area (TPSA) is 42.6 Å². The quantitative estimate of drug-likeness (QED) is 0.355. The predicted molar refractivity (Wildman–Crippen MR) is 146 cm³/mol. The third-order valence-corrected chi connectivity index (χ3v) is 8.81. The second kappa shape index (κ2) is 9.88. The number of carbonyl (C=O) groups is 1. The van der Waals surface area contributed by atoms with Crippen LogP contribution in [0.1, 0.15) is 35.7 Å². The van der Waals surface area contributed by atoms with Gasteiger partial charge in [-0.1, -0.05) is 42.5 Å². The molecule has 1 atom stereocenters. The molecule has 1 saturated heterocycles. The molecule has 0 saturated carbocycles. The van der Waals surface area contributed by atoms with Crippen LogP contribution in [-0.2, 0) is 10.3 Å². The van der Waals surface area contributed by atoms with Crippen molar-refractivity contribution in [2.24, 2.45) is 0 Å². The summed E-state index contributed by atoms with van der Waals surface area (Å²) >= 11 is 1.82. The molecule has 6 heteroatoms. The van der Waals surface area contributed by atoms with Gasteiger partial charge in [-0.25, -0.2) is 0 Å². The number of aromatic nitrogens is 1. The van der Waals surface area contributed by atoms with Crippen molar-refractivity contribution in [3.05, 3.63) is 88.7 Å². The zero-order valence-electron chi connectivity index (χ0n) is 20.8. The molecule has 1 aliphatic rings. The summed E-state index contributed by atoms with van der Waals surface area (Å²) in [6.45, 7) is 1.57. The first-order valence-electron chi connectivity index (χ1n) is 12.3. The van der Waals surface area contributed by atoms with Gasteiger partial charge in [0.15, 0.2) is 0 Å². The number of benzene rings is 2. The molecule has 1 unspecified atom stereocenters. The van der Waals surface area contributed by atoms with Crippen LogP contribution in [0.4, 0.5) is 5.69 Å². The van der Waals surface area contributed by atoms with Gasteiger partial charge in [-0.2, -0.15) is 0 Å². The lowest BCUT2D eigenvalue weighted by molar-refractivity contribution is -0.134. The predicted octanol–water partition coefficient (Wildman–Crippen LogP) is 5.88. The summed E-state index contributed by atoms with van der Waals surface area (Å²) < 4.78 is 0. The molecule has 4 aromatic rings. The van der Waals surface area contributed by atoms with Crippen LogP contribution in [-0.4, -0.2) is 54.9 Å². The van der Waals surface area contributed by atoms with Crippen LogP contribution in [0.25, 0.3) is 10.9 Å². The molecule has 1 amide bonds. The first-order valence-corrected chi connectivity index (χ1v) is 13.2. The maximum atomic E-state index is 13.6. The highest BCUT2D eigenvalue weighted by Gasteiger charge is 2.40. The first-order chi connectivity index (χ1) is 17.0. The van der Waals surface area contributed by atoms with Crippen LogP contribution in [0.3, 0.4) is 0 Å². The number of nitrogens with zero attached hydrogens (tertiary/aromatic N) is 3. The number of H-pyrrole nitrogens is 1. The van der Waals surface area contributed by atoms with Crippen LogP contribution < -0.4 is 4.90 Å². The second-order valence-electron chi connectivity index (χ2n) is 9.77. The third kappa shape index (κ3) is 4.60. The molecule has 2 aromatic carbocycles. The standard InChI is InChI=1S/C29H34N4OS/c1-31(2)29(27-10-7-19-35-27)14-17-33(18-15-29)28(34)21-26(23-8-5-4-6-9-23)32(3)24-12-11-22-13-16-30-25(22)20-24/h4-13,16,19-20,26,30H,14-15,17-18,21H2,1-3H3. The lowest BCUT2D eigenvalue weighted by Crippen LogP contribution is -2.51. The number of hydrogen-bond acceptors (Lipinski definition) is 4. The van der Waals surface area contributed by atoms with Crippen LogP contribution in [0.15, 0.2) is 78.3 Å². The normalized spacial score (nSPS) is 16.5. The summed E-state index contributed by atoms with van der Waals surface area (Å²) in [5.74, 6) is 0.227. The van der Waals surface area contributed by atoms with Gasteiger partial charge in [0.2, 0.25) is 5.91 Å². The monoisotopic (exact) mass is 486 g/mol. The number of amides is 1. The van der Waals surface area contributed by atoms with E-state index in [0.717, 1.165) is 42.7 Å². The van der Waals surface area contributed by atoms with E-state index in [1.807, 2.05) is 23.6 Å². The second-order valence-corrected chi connectivity index (χ2v) is 10.7. The number of nitrogens with one attached hydrogen (secondary N) is 1. The van der Waals surface area contributed by atoms with Crippen molar-refractivity contribution < 1.29 is 4.79 Å².